The van der Waals surface area contributed by atoms with Crippen LogP contribution >= 0.6 is 0 Å². The molecule has 5 nitrogen and oxygen atoms in total. The van der Waals surface area contributed by atoms with Crippen molar-refractivity contribution < 1.29 is 14.7 Å². The van der Waals surface area contributed by atoms with Crippen molar-refractivity contribution in [3.8, 4) is 0 Å². The van der Waals surface area contributed by atoms with Gasteiger partial charge < -0.3 is 15.7 Å². The van der Waals surface area contributed by atoms with E-state index in [4.69, 9.17) is 5.11 Å². The molecule has 0 heterocycles. The molecular weight excluding hydrogens is 256 g/mol. The summed E-state index contributed by atoms with van der Waals surface area (Å²) in [4.78, 5) is 22.7. The normalized spacial score (nSPS) is 21.4. The van der Waals surface area contributed by atoms with E-state index in [0.29, 0.717) is 12.8 Å². The maximum absolute atomic E-state index is 11.9. The van der Waals surface area contributed by atoms with Crippen LogP contribution in [0.5, 0.6) is 0 Å². The molecule has 1 aliphatic carbocycles. The van der Waals surface area contributed by atoms with Gasteiger partial charge in [-0.05, 0) is 43.4 Å². The maximum Gasteiger partial charge on any atom is 0.319 e. The molecule has 2 amide bonds. The zero-order chi connectivity index (χ0) is 14.5. The third kappa shape index (κ3) is 3.73. The fraction of sp³-hybridized carbons (Fsp3) is 0.467. The number of urea groups is 1. The Morgan fingerprint density at radius 2 is 2.15 bits per heavy atom. The molecule has 20 heavy (non-hydrogen) atoms. The summed E-state index contributed by atoms with van der Waals surface area (Å²) in [5.74, 6) is -1.10. The van der Waals surface area contributed by atoms with E-state index < -0.39 is 5.97 Å². The number of hydrogen-bond acceptors (Lipinski definition) is 2. The van der Waals surface area contributed by atoms with Crippen LogP contribution in [-0.4, -0.2) is 23.1 Å². The average molecular weight is 276 g/mol. The standard InChI is InChI=1S/C15H20N2O3/c1-2-10-4-3-5-12(8-10)16-15(20)17-13-7-6-11(9-13)14(18)19/h3-5,8,11,13H,2,6-7,9H2,1H3,(H,18,19)(H2,16,17,20). The van der Waals surface area contributed by atoms with E-state index in [1.807, 2.05) is 24.3 Å². The monoisotopic (exact) mass is 276 g/mol. The van der Waals surface area contributed by atoms with Gasteiger partial charge in [-0.15, -0.1) is 0 Å². The fourth-order valence-electron chi connectivity index (χ4n) is 2.56. The lowest BCUT2D eigenvalue weighted by Gasteiger charge is -2.13. The summed E-state index contributed by atoms with van der Waals surface area (Å²) in [6.07, 6.45) is 2.78. The van der Waals surface area contributed by atoms with Crippen LogP contribution in [-0.2, 0) is 11.2 Å². The summed E-state index contributed by atoms with van der Waals surface area (Å²) in [7, 11) is 0. The Labute approximate surface area is 118 Å². The second-order valence-corrected chi connectivity index (χ2v) is 5.20. The first-order valence-electron chi connectivity index (χ1n) is 6.97. The highest BCUT2D eigenvalue weighted by Gasteiger charge is 2.30. The van der Waals surface area contributed by atoms with Crippen molar-refractivity contribution in [1.29, 1.82) is 0 Å². The number of amides is 2. The third-order valence-corrected chi connectivity index (χ3v) is 3.71. The summed E-state index contributed by atoms with van der Waals surface area (Å²) in [6.45, 7) is 2.06. The first-order chi connectivity index (χ1) is 9.58. The van der Waals surface area contributed by atoms with Gasteiger partial charge in [-0.1, -0.05) is 19.1 Å². The topological polar surface area (TPSA) is 78.4 Å². The molecule has 1 aromatic rings. The van der Waals surface area contributed by atoms with Gasteiger partial charge >= 0.3 is 12.0 Å². The summed E-state index contributed by atoms with van der Waals surface area (Å²) in [5, 5.41) is 14.6. The summed E-state index contributed by atoms with van der Waals surface area (Å²) >= 11 is 0. The van der Waals surface area contributed by atoms with Gasteiger partial charge in [0, 0.05) is 11.7 Å². The number of carboxylic acid groups (broad SMARTS) is 1. The Kier molecular flexibility index (Phi) is 4.61. The van der Waals surface area contributed by atoms with Gasteiger partial charge in [0.05, 0.1) is 5.92 Å². The molecule has 2 atom stereocenters. The number of carbonyl (C=O) groups is 2. The number of rotatable bonds is 4. The van der Waals surface area contributed by atoms with Crippen molar-refractivity contribution in [1.82, 2.24) is 5.32 Å². The number of hydrogen-bond donors (Lipinski definition) is 3. The molecule has 1 aromatic carbocycles. The van der Waals surface area contributed by atoms with Crippen molar-refractivity contribution in [2.75, 3.05) is 5.32 Å². The number of aliphatic carboxylic acids is 1. The Morgan fingerprint density at radius 1 is 1.35 bits per heavy atom. The second kappa shape index (κ2) is 6.41. The molecule has 0 spiro atoms. The van der Waals surface area contributed by atoms with Crippen molar-refractivity contribution in [3.05, 3.63) is 29.8 Å². The van der Waals surface area contributed by atoms with Crippen LogP contribution in [0, 0.1) is 5.92 Å². The minimum atomic E-state index is -0.773. The minimum Gasteiger partial charge on any atom is -0.481 e. The summed E-state index contributed by atoms with van der Waals surface area (Å²) in [5.41, 5.74) is 1.92. The molecule has 1 aliphatic rings. The molecule has 0 radical (unpaired) electrons. The first kappa shape index (κ1) is 14.4. The van der Waals surface area contributed by atoms with E-state index in [1.165, 1.54) is 0 Å². The minimum absolute atomic E-state index is 0.0505. The van der Waals surface area contributed by atoms with Crippen molar-refractivity contribution in [3.63, 3.8) is 0 Å². The van der Waals surface area contributed by atoms with Gasteiger partial charge in [0.2, 0.25) is 0 Å². The highest BCUT2D eigenvalue weighted by molar-refractivity contribution is 5.89. The quantitative estimate of drug-likeness (QED) is 0.791. The highest BCUT2D eigenvalue weighted by Crippen LogP contribution is 2.25. The molecule has 2 rings (SSSR count). The number of anilines is 1. The predicted molar refractivity (Wildman–Crippen MR) is 76.7 cm³/mol. The molecule has 3 N–H and O–H groups in total. The molecule has 5 heteroatoms. The van der Waals surface area contributed by atoms with Crippen LogP contribution in [0.25, 0.3) is 0 Å². The number of carbonyl (C=O) groups excluding carboxylic acids is 1. The zero-order valence-corrected chi connectivity index (χ0v) is 11.6. The smallest absolute Gasteiger partial charge is 0.319 e. The van der Waals surface area contributed by atoms with E-state index in [-0.39, 0.29) is 18.0 Å². The molecule has 2 unspecified atom stereocenters. The van der Waals surface area contributed by atoms with Crippen molar-refractivity contribution in [2.24, 2.45) is 5.92 Å². The lowest BCUT2D eigenvalue weighted by atomic mass is 10.1. The molecule has 0 aliphatic heterocycles. The van der Waals surface area contributed by atoms with E-state index >= 15 is 0 Å². The molecule has 0 bridgehead atoms. The molecular formula is C15H20N2O3. The van der Waals surface area contributed by atoms with E-state index in [2.05, 4.69) is 17.6 Å². The molecule has 0 saturated heterocycles. The van der Waals surface area contributed by atoms with Gasteiger partial charge in [0.15, 0.2) is 0 Å². The van der Waals surface area contributed by atoms with Crippen LogP contribution < -0.4 is 10.6 Å². The van der Waals surface area contributed by atoms with Crippen LogP contribution in [0.15, 0.2) is 24.3 Å². The Hall–Kier alpha value is -2.04. The maximum atomic E-state index is 11.9. The van der Waals surface area contributed by atoms with Crippen LogP contribution in [0.2, 0.25) is 0 Å². The number of aryl methyl sites for hydroxylation is 1. The zero-order valence-electron chi connectivity index (χ0n) is 11.6. The Balaban J connectivity index is 1.85. The first-order valence-corrected chi connectivity index (χ1v) is 6.97. The lowest BCUT2D eigenvalue weighted by molar-refractivity contribution is -0.141. The van der Waals surface area contributed by atoms with E-state index in [1.54, 1.807) is 0 Å². The van der Waals surface area contributed by atoms with Crippen LogP contribution in [0.3, 0.4) is 0 Å². The summed E-state index contributed by atoms with van der Waals surface area (Å²) in [6, 6.07) is 7.38. The van der Waals surface area contributed by atoms with Crippen LogP contribution in [0.1, 0.15) is 31.7 Å². The summed E-state index contributed by atoms with van der Waals surface area (Å²) < 4.78 is 0. The third-order valence-electron chi connectivity index (χ3n) is 3.71. The van der Waals surface area contributed by atoms with Gasteiger partial charge in [-0.25, -0.2) is 4.79 Å². The molecule has 108 valence electrons. The van der Waals surface area contributed by atoms with Gasteiger partial charge in [-0.3, -0.25) is 4.79 Å². The van der Waals surface area contributed by atoms with Gasteiger partial charge in [0.1, 0.15) is 0 Å². The van der Waals surface area contributed by atoms with Gasteiger partial charge in [-0.2, -0.15) is 0 Å². The second-order valence-electron chi connectivity index (χ2n) is 5.20. The highest BCUT2D eigenvalue weighted by atomic mass is 16.4. The molecule has 1 saturated carbocycles. The van der Waals surface area contributed by atoms with Crippen molar-refractivity contribution >= 4 is 17.7 Å². The number of carboxylic acids is 1. The SMILES string of the molecule is CCc1cccc(NC(=O)NC2CCC(C(=O)O)C2)c1. The lowest BCUT2D eigenvalue weighted by Crippen LogP contribution is -2.36. The predicted octanol–water partition coefficient (Wildman–Crippen LogP) is 2.62. The van der Waals surface area contributed by atoms with E-state index in [0.717, 1.165) is 24.1 Å². The average Bonchev–Trinajstić information content (AvgIpc) is 2.87. The van der Waals surface area contributed by atoms with E-state index in [9.17, 15) is 9.59 Å². The number of nitrogens with one attached hydrogen (secondary N) is 2. The Morgan fingerprint density at radius 3 is 2.80 bits per heavy atom. The Bertz CT molecular complexity index is 502. The number of benzene rings is 1. The molecule has 0 aromatic heterocycles. The molecule has 1 fully saturated rings. The van der Waals surface area contributed by atoms with Gasteiger partial charge in [0.25, 0.3) is 0 Å². The van der Waals surface area contributed by atoms with Crippen molar-refractivity contribution in [2.45, 2.75) is 38.6 Å². The van der Waals surface area contributed by atoms with Crippen LogP contribution in [0.4, 0.5) is 10.5 Å². The largest absolute Gasteiger partial charge is 0.481 e. The fourth-order valence-corrected chi connectivity index (χ4v) is 2.56.